The summed E-state index contributed by atoms with van der Waals surface area (Å²) in [6.07, 6.45) is 7.31. The van der Waals surface area contributed by atoms with Crippen LogP contribution < -0.4 is 0 Å². The number of piperidine rings is 1. The molecule has 84 valence electrons. The van der Waals surface area contributed by atoms with Gasteiger partial charge in [0.05, 0.1) is 5.54 Å². The van der Waals surface area contributed by atoms with E-state index in [2.05, 4.69) is 10.8 Å². The van der Waals surface area contributed by atoms with Gasteiger partial charge in [0, 0.05) is 20.0 Å². The van der Waals surface area contributed by atoms with Crippen molar-refractivity contribution in [1.29, 1.82) is 0 Å². The van der Waals surface area contributed by atoms with Gasteiger partial charge >= 0.3 is 5.97 Å². The van der Waals surface area contributed by atoms with Gasteiger partial charge in [0.2, 0.25) is 0 Å². The van der Waals surface area contributed by atoms with Gasteiger partial charge in [0.15, 0.2) is 0 Å². The average Bonchev–Trinajstić information content (AvgIpc) is 2.18. The third kappa shape index (κ3) is 3.24. The predicted molar refractivity (Wildman–Crippen MR) is 59.3 cm³/mol. The summed E-state index contributed by atoms with van der Waals surface area (Å²) in [5, 5.41) is 0. The fraction of sp³-hybridized carbons (Fsp3) is 0.750. The lowest BCUT2D eigenvalue weighted by molar-refractivity contribution is -0.148. The van der Waals surface area contributed by atoms with Crippen molar-refractivity contribution >= 4 is 5.97 Å². The lowest BCUT2D eigenvalue weighted by Gasteiger charge is -2.39. The Kier molecular flexibility index (Phi) is 3.76. The second kappa shape index (κ2) is 4.67. The summed E-state index contributed by atoms with van der Waals surface area (Å²) in [7, 11) is 0. The number of terminal acetylenes is 1. The first-order chi connectivity index (χ1) is 6.95. The van der Waals surface area contributed by atoms with E-state index in [1.165, 1.54) is 6.92 Å². The van der Waals surface area contributed by atoms with Crippen molar-refractivity contribution in [3.63, 3.8) is 0 Å². The van der Waals surface area contributed by atoms with Crippen LogP contribution in [0.4, 0.5) is 0 Å². The summed E-state index contributed by atoms with van der Waals surface area (Å²) in [5.41, 5.74) is -0.193. The molecule has 3 nitrogen and oxygen atoms in total. The largest absolute Gasteiger partial charge is 0.462 e. The van der Waals surface area contributed by atoms with Crippen molar-refractivity contribution in [2.24, 2.45) is 0 Å². The second-order valence-corrected chi connectivity index (χ2v) is 4.50. The number of ether oxygens (including phenoxy) is 1. The molecule has 0 atom stereocenters. The Labute approximate surface area is 91.8 Å². The smallest absolute Gasteiger partial charge is 0.302 e. The third-order valence-electron chi connectivity index (χ3n) is 2.92. The molecular weight excluding hydrogens is 190 g/mol. The predicted octanol–water partition coefficient (Wildman–Crippen LogP) is 1.43. The number of hydrogen-bond donors (Lipinski definition) is 0. The third-order valence-corrected chi connectivity index (χ3v) is 2.92. The molecule has 1 saturated heterocycles. The van der Waals surface area contributed by atoms with E-state index in [1.54, 1.807) is 0 Å². The summed E-state index contributed by atoms with van der Waals surface area (Å²) < 4.78 is 5.17. The van der Waals surface area contributed by atoms with E-state index in [0.29, 0.717) is 0 Å². The minimum absolute atomic E-state index is 0.0762. The fourth-order valence-corrected chi connectivity index (χ4v) is 1.86. The molecule has 0 aromatic carbocycles. The average molecular weight is 209 g/mol. The SMILES string of the molecule is C#CC(C)(C)N1CCC(OC(C)=O)CC1. The normalized spacial score (nSPS) is 19.6. The topological polar surface area (TPSA) is 29.5 Å². The Morgan fingerprint density at radius 2 is 2.00 bits per heavy atom. The highest BCUT2D eigenvalue weighted by molar-refractivity contribution is 5.66. The fourth-order valence-electron chi connectivity index (χ4n) is 1.86. The van der Waals surface area contributed by atoms with Crippen molar-refractivity contribution in [3.05, 3.63) is 0 Å². The summed E-state index contributed by atoms with van der Waals surface area (Å²) in [6, 6.07) is 0. The van der Waals surface area contributed by atoms with Gasteiger partial charge < -0.3 is 4.74 Å². The Bertz CT molecular complexity index is 270. The number of carbonyl (C=O) groups is 1. The van der Waals surface area contributed by atoms with Crippen molar-refractivity contribution < 1.29 is 9.53 Å². The molecule has 3 heteroatoms. The lowest BCUT2D eigenvalue weighted by atomic mass is 9.98. The summed E-state index contributed by atoms with van der Waals surface area (Å²) in [5.74, 6) is 2.59. The van der Waals surface area contributed by atoms with Crippen LogP contribution in [-0.2, 0) is 9.53 Å². The van der Waals surface area contributed by atoms with Gasteiger partial charge in [-0.25, -0.2) is 0 Å². The number of rotatable bonds is 2. The molecule has 0 bridgehead atoms. The van der Waals surface area contributed by atoms with Crippen LogP contribution in [0, 0.1) is 12.3 Å². The molecule has 0 unspecified atom stereocenters. The van der Waals surface area contributed by atoms with Crippen molar-refractivity contribution in [3.8, 4) is 12.3 Å². The molecule has 0 saturated carbocycles. The molecule has 1 heterocycles. The van der Waals surface area contributed by atoms with Crippen LogP contribution in [0.15, 0.2) is 0 Å². The van der Waals surface area contributed by atoms with Crippen molar-refractivity contribution in [2.75, 3.05) is 13.1 Å². The van der Waals surface area contributed by atoms with E-state index in [0.717, 1.165) is 25.9 Å². The minimum Gasteiger partial charge on any atom is -0.462 e. The van der Waals surface area contributed by atoms with Crippen LogP contribution in [-0.4, -0.2) is 35.6 Å². The zero-order chi connectivity index (χ0) is 11.5. The van der Waals surface area contributed by atoms with E-state index in [9.17, 15) is 4.79 Å². The van der Waals surface area contributed by atoms with E-state index in [-0.39, 0.29) is 17.6 Å². The maximum Gasteiger partial charge on any atom is 0.302 e. The van der Waals surface area contributed by atoms with E-state index in [4.69, 9.17) is 11.2 Å². The Morgan fingerprint density at radius 3 is 2.40 bits per heavy atom. The number of nitrogens with zero attached hydrogens (tertiary/aromatic N) is 1. The Hall–Kier alpha value is -1.01. The van der Waals surface area contributed by atoms with Gasteiger partial charge in [-0.1, -0.05) is 5.92 Å². The number of likely N-dealkylation sites (tertiary alicyclic amines) is 1. The quantitative estimate of drug-likeness (QED) is 0.509. The lowest BCUT2D eigenvalue weighted by Crippen LogP contribution is -2.48. The van der Waals surface area contributed by atoms with Crippen LogP contribution >= 0.6 is 0 Å². The van der Waals surface area contributed by atoms with Crippen LogP contribution in [0.5, 0.6) is 0 Å². The van der Waals surface area contributed by atoms with Crippen LogP contribution in [0.3, 0.4) is 0 Å². The highest BCUT2D eigenvalue weighted by Gasteiger charge is 2.29. The summed E-state index contributed by atoms with van der Waals surface area (Å²) >= 11 is 0. The second-order valence-electron chi connectivity index (χ2n) is 4.50. The number of carbonyl (C=O) groups excluding carboxylic acids is 1. The van der Waals surface area contributed by atoms with Crippen LogP contribution in [0.1, 0.15) is 33.6 Å². The van der Waals surface area contributed by atoms with Crippen molar-refractivity contribution in [2.45, 2.75) is 45.3 Å². The first-order valence-electron chi connectivity index (χ1n) is 5.36. The number of esters is 1. The molecule has 0 aliphatic carbocycles. The molecule has 1 rings (SSSR count). The first-order valence-corrected chi connectivity index (χ1v) is 5.36. The van der Waals surface area contributed by atoms with Gasteiger partial charge in [0.25, 0.3) is 0 Å². The molecule has 1 aliphatic heterocycles. The maximum absolute atomic E-state index is 10.8. The van der Waals surface area contributed by atoms with Crippen LogP contribution in [0.2, 0.25) is 0 Å². The Morgan fingerprint density at radius 1 is 1.47 bits per heavy atom. The standard InChI is InChI=1S/C12H19NO2/c1-5-12(3,4)13-8-6-11(7-9-13)15-10(2)14/h1,11H,6-9H2,2-4H3. The summed E-state index contributed by atoms with van der Waals surface area (Å²) in [6.45, 7) is 7.33. The molecule has 0 N–H and O–H groups in total. The molecule has 0 spiro atoms. The van der Waals surface area contributed by atoms with E-state index in [1.807, 2.05) is 13.8 Å². The van der Waals surface area contributed by atoms with Gasteiger partial charge in [-0.3, -0.25) is 9.69 Å². The minimum atomic E-state index is -0.193. The first kappa shape index (κ1) is 12.1. The molecular formula is C12H19NO2. The van der Waals surface area contributed by atoms with Gasteiger partial charge in [0.1, 0.15) is 6.10 Å². The highest BCUT2D eigenvalue weighted by Crippen LogP contribution is 2.21. The molecule has 0 amide bonds. The molecule has 1 aliphatic rings. The molecule has 0 aromatic heterocycles. The highest BCUT2D eigenvalue weighted by atomic mass is 16.5. The van der Waals surface area contributed by atoms with Gasteiger partial charge in [-0.15, -0.1) is 6.42 Å². The van der Waals surface area contributed by atoms with Crippen LogP contribution in [0.25, 0.3) is 0 Å². The van der Waals surface area contributed by atoms with Gasteiger partial charge in [-0.05, 0) is 26.7 Å². The van der Waals surface area contributed by atoms with E-state index >= 15 is 0 Å². The number of hydrogen-bond acceptors (Lipinski definition) is 3. The molecule has 0 aromatic rings. The van der Waals surface area contributed by atoms with Gasteiger partial charge in [-0.2, -0.15) is 0 Å². The molecule has 15 heavy (non-hydrogen) atoms. The summed E-state index contributed by atoms with van der Waals surface area (Å²) in [4.78, 5) is 13.0. The zero-order valence-electron chi connectivity index (χ0n) is 9.75. The zero-order valence-corrected chi connectivity index (χ0v) is 9.75. The van der Waals surface area contributed by atoms with E-state index < -0.39 is 0 Å². The molecule has 1 fully saturated rings. The monoisotopic (exact) mass is 209 g/mol. The Balaban J connectivity index is 2.43. The van der Waals surface area contributed by atoms with Crippen molar-refractivity contribution in [1.82, 2.24) is 4.90 Å². The molecule has 0 radical (unpaired) electrons. The maximum atomic E-state index is 10.8.